The number of nitrogens with one attached hydrogen (secondary N) is 1. The summed E-state index contributed by atoms with van der Waals surface area (Å²) < 4.78 is 11.5. The van der Waals surface area contributed by atoms with Gasteiger partial charge in [0, 0.05) is 19.5 Å². The summed E-state index contributed by atoms with van der Waals surface area (Å²) in [5.74, 6) is 1.54. The number of carbonyl (C=O) groups excluding carboxylic acids is 2. The Morgan fingerprint density at radius 1 is 1.11 bits per heavy atom. The van der Waals surface area contributed by atoms with Gasteiger partial charge in [-0.2, -0.15) is 0 Å². The summed E-state index contributed by atoms with van der Waals surface area (Å²) in [6.07, 6.45) is 2.67. The zero-order chi connectivity index (χ0) is 26.5. The maximum Gasteiger partial charge on any atom is 0.273 e. The molecule has 7 heteroatoms. The molecule has 0 bridgehead atoms. The zero-order valence-corrected chi connectivity index (χ0v) is 22.4. The van der Waals surface area contributed by atoms with Gasteiger partial charge in [0.25, 0.3) is 5.91 Å². The molecule has 1 atom stereocenters. The van der Waals surface area contributed by atoms with E-state index in [1.54, 1.807) is 0 Å². The van der Waals surface area contributed by atoms with Crippen LogP contribution < -0.4 is 10.1 Å². The fourth-order valence-corrected chi connectivity index (χ4v) is 4.54. The lowest BCUT2D eigenvalue weighted by Crippen LogP contribution is -2.41. The first-order valence-electron chi connectivity index (χ1n) is 13.1. The summed E-state index contributed by atoms with van der Waals surface area (Å²) in [7, 11) is 0. The normalized spacial score (nSPS) is 15.1. The first kappa shape index (κ1) is 26.5. The van der Waals surface area contributed by atoms with Crippen molar-refractivity contribution in [3.8, 4) is 5.75 Å². The molecule has 0 aliphatic carbocycles. The van der Waals surface area contributed by atoms with Gasteiger partial charge in [-0.05, 0) is 54.0 Å². The van der Waals surface area contributed by atoms with Crippen LogP contribution in [-0.2, 0) is 17.8 Å². The summed E-state index contributed by atoms with van der Waals surface area (Å²) >= 11 is 0. The first-order valence-corrected chi connectivity index (χ1v) is 13.1. The number of aryl methyl sites for hydroxylation is 1. The monoisotopic (exact) mass is 503 g/mol. The van der Waals surface area contributed by atoms with Crippen molar-refractivity contribution in [1.29, 1.82) is 0 Å². The third-order valence-corrected chi connectivity index (χ3v) is 6.46. The Hall–Kier alpha value is -3.61. The molecule has 3 aromatic rings. The van der Waals surface area contributed by atoms with E-state index in [1.807, 2.05) is 30.9 Å². The van der Waals surface area contributed by atoms with Crippen LogP contribution in [0.1, 0.15) is 78.8 Å². The predicted molar refractivity (Wildman–Crippen MR) is 142 cm³/mol. The summed E-state index contributed by atoms with van der Waals surface area (Å²) in [5, 5.41) is 2.83. The van der Waals surface area contributed by atoms with Gasteiger partial charge >= 0.3 is 0 Å². The Morgan fingerprint density at radius 3 is 2.57 bits per heavy atom. The second-order valence-corrected chi connectivity index (χ2v) is 10.6. The van der Waals surface area contributed by atoms with Crippen LogP contribution in [0.25, 0.3) is 0 Å². The average molecular weight is 504 g/mol. The second kappa shape index (κ2) is 11.6. The minimum atomic E-state index is -0.260. The third-order valence-electron chi connectivity index (χ3n) is 6.46. The molecule has 0 spiro atoms. The van der Waals surface area contributed by atoms with Crippen LogP contribution >= 0.6 is 0 Å². The minimum absolute atomic E-state index is 0.0987. The van der Waals surface area contributed by atoms with Gasteiger partial charge in [-0.25, -0.2) is 4.98 Å². The Labute approximate surface area is 219 Å². The van der Waals surface area contributed by atoms with Crippen LogP contribution in [-0.4, -0.2) is 34.8 Å². The molecule has 2 aromatic carbocycles. The van der Waals surface area contributed by atoms with Gasteiger partial charge in [0.2, 0.25) is 11.8 Å². The first-order chi connectivity index (χ1) is 17.7. The molecule has 2 amide bonds. The number of ether oxygens (including phenoxy) is 1. The van der Waals surface area contributed by atoms with Crippen molar-refractivity contribution >= 4 is 11.8 Å². The number of benzene rings is 2. The molecule has 7 nitrogen and oxygen atoms in total. The highest BCUT2D eigenvalue weighted by Crippen LogP contribution is 2.38. The van der Waals surface area contributed by atoms with Crippen LogP contribution in [0.5, 0.6) is 5.75 Å². The molecule has 2 heterocycles. The SMILES string of the molecule is Cc1ccc(C2c3cc(OCc4nc(C(=O)NCC(C)C)co4)ccc3CCN2C(=O)CC(C)C)cc1. The smallest absolute Gasteiger partial charge is 0.273 e. The minimum Gasteiger partial charge on any atom is -0.484 e. The van der Waals surface area contributed by atoms with Gasteiger partial charge in [-0.1, -0.05) is 63.6 Å². The Bertz CT molecular complexity index is 1230. The molecule has 1 aromatic heterocycles. The highest BCUT2D eigenvalue weighted by atomic mass is 16.5. The molecule has 0 saturated carbocycles. The van der Waals surface area contributed by atoms with Crippen molar-refractivity contribution in [2.75, 3.05) is 13.1 Å². The zero-order valence-electron chi connectivity index (χ0n) is 22.4. The number of oxazole rings is 1. The van der Waals surface area contributed by atoms with Gasteiger partial charge < -0.3 is 19.4 Å². The van der Waals surface area contributed by atoms with Crippen LogP contribution in [0.4, 0.5) is 0 Å². The largest absolute Gasteiger partial charge is 0.484 e. The van der Waals surface area contributed by atoms with E-state index in [0.29, 0.717) is 43.0 Å². The Morgan fingerprint density at radius 2 is 1.86 bits per heavy atom. The Balaban J connectivity index is 1.54. The van der Waals surface area contributed by atoms with E-state index in [9.17, 15) is 9.59 Å². The van der Waals surface area contributed by atoms with E-state index in [2.05, 4.69) is 61.4 Å². The summed E-state index contributed by atoms with van der Waals surface area (Å²) in [4.78, 5) is 31.8. The van der Waals surface area contributed by atoms with Crippen LogP contribution in [0.2, 0.25) is 0 Å². The molecule has 4 rings (SSSR count). The van der Waals surface area contributed by atoms with E-state index in [1.165, 1.54) is 17.4 Å². The third kappa shape index (κ3) is 6.59. The lowest BCUT2D eigenvalue weighted by Gasteiger charge is -2.38. The van der Waals surface area contributed by atoms with Crippen molar-refractivity contribution in [2.45, 2.75) is 60.1 Å². The lowest BCUT2D eigenvalue weighted by atomic mass is 9.87. The molecule has 1 aliphatic heterocycles. The number of hydrogen-bond acceptors (Lipinski definition) is 5. The fraction of sp³-hybridized carbons (Fsp3) is 0.433. The topological polar surface area (TPSA) is 84.7 Å². The van der Waals surface area contributed by atoms with Gasteiger partial charge in [-0.3, -0.25) is 9.59 Å². The van der Waals surface area contributed by atoms with E-state index < -0.39 is 0 Å². The van der Waals surface area contributed by atoms with Gasteiger partial charge in [0.1, 0.15) is 12.0 Å². The van der Waals surface area contributed by atoms with E-state index in [-0.39, 0.29) is 30.2 Å². The van der Waals surface area contributed by atoms with Crippen molar-refractivity contribution in [3.63, 3.8) is 0 Å². The quantitative estimate of drug-likeness (QED) is 0.419. The standard InChI is InChI=1S/C30H37N3O4/c1-19(2)14-28(34)33-13-12-22-10-11-24(15-25(22)29(33)23-8-6-21(5)7-9-23)36-18-27-32-26(17-37-27)30(35)31-16-20(3)4/h6-11,15,17,19-20,29H,12-14,16,18H2,1-5H3,(H,31,35). The highest BCUT2D eigenvalue weighted by molar-refractivity contribution is 5.91. The van der Waals surface area contributed by atoms with Crippen molar-refractivity contribution < 1.29 is 18.7 Å². The number of rotatable bonds is 9. The number of fused-ring (bicyclic) bond motifs is 1. The number of aromatic nitrogens is 1. The molecule has 1 aliphatic rings. The van der Waals surface area contributed by atoms with Crippen molar-refractivity contribution in [1.82, 2.24) is 15.2 Å². The molecule has 37 heavy (non-hydrogen) atoms. The van der Waals surface area contributed by atoms with Gasteiger partial charge in [0.05, 0.1) is 6.04 Å². The average Bonchev–Trinajstić information content (AvgIpc) is 3.34. The van der Waals surface area contributed by atoms with Crippen molar-refractivity contribution in [2.24, 2.45) is 11.8 Å². The molecule has 1 N–H and O–H groups in total. The number of nitrogens with zero attached hydrogens (tertiary/aromatic N) is 2. The maximum atomic E-state index is 13.2. The number of hydrogen-bond donors (Lipinski definition) is 1. The summed E-state index contributed by atoms with van der Waals surface area (Å²) in [6.45, 7) is 11.6. The molecule has 1 unspecified atom stereocenters. The fourth-order valence-electron chi connectivity index (χ4n) is 4.54. The maximum absolute atomic E-state index is 13.2. The predicted octanol–water partition coefficient (Wildman–Crippen LogP) is 5.47. The van der Waals surface area contributed by atoms with E-state index in [0.717, 1.165) is 17.5 Å². The molecule has 0 fully saturated rings. The van der Waals surface area contributed by atoms with Gasteiger partial charge in [-0.15, -0.1) is 0 Å². The highest BCUT2D eigenvalue weighted by Gasteiger charge is 2.32. The molecule has 196 valence electrons. The van der Waals surface area contributed by atoms with Crippen LogP contribution in [0, 0.1) is 18.8 Å². The van der Waals surface area contributed by atoms with Crippen LogP contribution in [0.3, 0.4) is 0 Å². The molecular weight excluding hydrogens is 466 g/mol. The van der Waals surface area contributed by atoms with Crippen molar-refractivity contribution in [3.05, 3.63) is 82.6 Å². The molecule has 0 radical (unpaired) electrons. The second-order valence-electron chi connectivity index (χ2n) is 10.6. The number of carbonyl (C=O) groups is 2. The molecular formula is C30H37N3O4. The Kier molecular flexibility index (Phi) is 8.31. The van der Waals surface area contributed by atoms with Gasteiger partial charge in [0.15, 0.2) is 12.3 Å². The number of amides is 2. The molecule has 0 saturated heterocycles. The lowest BCUT2D eigenvalue weighted by molar-refractivity contribution is -0.134. The summed E-state index contributed by atoms with van der Waals surface area (Å²) in [5.41, 5.74) is 4.80. The van der Waals surface area contributed by atoms with Crippen LogP contribution in [0.15, 0.2) is 53.1 Å². The van der Waals surface area contributed by atoms with E-state index in [4.69, 9.17) is 9.15 Å². The van der Waals surface area contributed by atoms with E-state index >= 15 is 0 Å². The summed E-state index contributed by atoms with van der Waals surface area (Å²) in [6, 6.07) is 14.3.